The summed E-state index contributed by atoms with van der Waals surface area (Å²) >= 11 is 4.83. The van der Waals surface area contributed by atoms with E-state index in [-0.39, 0.29) is 5.11 Å². The Kier molecular flexibility index (Phi) is 2.93. The van der Waals surface area contributed by atoms with E-state index < -0.39 is 0 Å². The number of fused-ring (bicyclic) bond motifs is 2. The predicted molar refractivity (Wildman–Crippen MR) is 82.3 cm³/mol. The SMILES string of the molecule is NC(=S)Nc1ccc2c(c1)Oc1ccccc1C=C2. The Morgan fingerprint density at radius 2 is 1.74 bits per heavy atom. The number of ether oxygens (including phenoxy) is 1. The summed E-state index contributed by atoms with van der Waals surface area (Å²) in [5, 5.41) is 3.14. The van der Waals surface area contributed by atoms with Gasteiger partial charge in [-0.3, -0.25) is 0 Å². The fourth-order valence-electron chi connectivity index (χ4n) is 1.99. The highest BCUT2D eigenvalue weighted by Crippen LogP contribution is 2.35. The summed E-state index contributed by atoms with van der Waals surface area (Å²) in [6.45, 7) is 0. The number of nitrogens with one attached hydrogen (secondary N) is 1. The van der Waals surface area contributed by atoms with Crippen LogP contribution in [-0.4, -0.2) is 5.11 Å². The highest BCUT2D eigenvalue weighted by molar-refractivity contribution is 7.80. The maximum Gasteiger partial charge on any atom is 0.168 e. The smallest absolute Gasteiger partial charge is 0.168 e. The monoisotopic (exact) mass is 268 g/mol. The lowest BCUT2D eigenvalue weighted by atomic mass is 10.1. The standard InChI is InChI=1S/C15H12N2OS/c16-15(19)17-12-8-7-11-6-5-10-3-1-2-4-13(10)18-14(11)9-12/h1-9H,(H3,16,17,19). The third kappa shape index (κ3) is 2.44. The minimum absolute atomic E-state index is 0.240. The molecule has 4 heteroatoms. The van der Waals surface area contributed by atoms with E-state index in [4.69, 9.17) is 22.7 Å². The number of thiocarbonyl (C=S) groups is 1. The van der Waals surface area contributed by atoms with Gasteiger partial charge in [0, 0.05) is 22.9 Å². The van der Waals surface area contributed by atoms with E-state index in [1.54, 1.807) is 0 Å². The molecule has 0 aromatic heterocycles. The molecule has 3 nitrogen and oxygen atoms in total. The Balaban J connectivity index is 2.02. The molecular formula is C15H12N2OS. The molecule has 0 saturated carbocycles. The zero-order valence-electron chi connectivity index (χ0n) is 10.1. The highest BCUT2D eigenvalue weighted by Gasteiger charge is 2.10. The molecule has 0 bridgehead atoms. The summed E-state index contributed by atoms with van der Waals surface area (Å²) in [6, 6.07) is 13.7. The minimum Gasteiger partial charge on any atom is -0.456 e. The number of rotatable bonds is 1. The lowest BCUT2D eigenvalue weighted by Crippen LogP contribution is -2.18. The second-order valence-corrected chi connectivity index (χ2v) is 4.65. The predicted octanol–water partition coefficient (Wildman–Crippen LogP) is 3.62. The van der Waals surface area contributed by atoms with Crippen LogP contribution in [0.15, 0.2) is 42.5 Å². The number of hydrogen-bond donors (Lipinski definition) is 2. The molecule has 0 spiro atoms. The van der Waals surface area contributed by atoms with Crippen LogP contribution in [0.2, 0.25) is 0 Å². The molecule has 0 aliphatic carbocycles. The molecule has 1 heterocycles. The van der Waals surface area contributed by atoms with Gasteiger partial charge in [0.1, 0.15) is 11.5 Å². The molecule has 0 amide bonds. The first-order valence-electron chi connectivity index (χ1n) is 5.88. The average molecular weight is 268 g/mol. The normalized spacial score (nSPS) is 11.8. The van der Waals surface area contributed by atoms with E-state index in [0.717, 1.165) is 28.3 Å². The summed E-state index contributed by atoms with van der Waals surface area (Å²) < 4.78 is 5.94. The van der Waals surface area contributed by atoms with Crippen molar-refractivity contribution in [2.45, 2.75) is 0 Å². The number of hydrogen-bond acceptors (Lipinski definition) is 2. The molecule has 0 unspecified atom stereocenters. The van der Waals surface area contributed by atoms with Crippen LogP contribution in [0, 0.1) is 0 Å². The maximum atomic E-state index is 5.94. The van der Waals surface area contributed by atoms with Gasteiger partial charge >= 0.3 is 0 Å². The van der Waals surface area contributed by atoms with Crippen molar-refractivity contribution in [3.8, 4) is 11.5 Å². The molecule has 2 aromatic carbocycles. The Labute approximate surface area is 116 Å². The quantitative estimate of drug-likeness (QED) is 0.662. The van der Waals surface area contributed by atoms with Crippen molar-refractivity contribution < 1.29 is 4.74 Å². The number of para-hydroxylation sites is 1. The topological polar surface area (TPSA) is 47.3 Å². The highest BCUT2D eigenvalue weighted by atomic mass is 32.1. The van der Waals surface area contributed by atoms with Gasteiger partial charge < -0.3 is 15.8 Å². The van der Waals surface area contributed by atoms with Gasteiger partial charge in [0.25, 0.3) is 0 Å². The van der Waals surface area contributed by atoms with Crippen LogP contribution < -0.4 is 15.8 Å². The van der Waals surface area contributed by atoms with Crippen LogP contribution >= 0.6 is 12.2 Å². The minimum atomic E-state index is 0.240. The van der Waals surface area contributed by atoms with Crippen molar-refractivity contribution in [3.05, 3.63) is 53.6 Å². The first-order chi connectivity index (χ1) is 9.22. The van der Waals surface area contributed by atoms with Crippen LogP contribution in [0.3, 0.4) is 0 Å². The fourth-order valence-corrected chi connectivity index (χ4v) is 2.11. The molecule has 19 heavy (non-hydrogen) atoms. The molecular weight excluding hydrogens is 256 g/mol. The van der Waals surface area contributed by atoms with Crippen LogP contribution in [0.1, 0.15) is 11.1 Å². The maximum absolute atomic E-state index is 5.94. The summed E-state index contributed by atoms with van der Waals surface area (Å²) in [5.41, 5.74) is 8.37. The average Bonchev–Trinajstić information content (AvgIpc) is 2.56. The van der Waals surface area contributed by atoms with Crippen LogP contribution in [0.5, 0.6) is 11.5 Å². The van der Waals surface area contributed by atoms with Crippen LogP contribution in [-0.2, 0) is 0 Å². The molecule has 0 atom stereocenters. The molecule has 0 fully saturated rings. The summed E-state index contributed by atoms with van der Waals surface area (Å²) in [4.78, 5) is 0. The van der Waals surface area contributed by atoms with Gasteiger partial charge in [0.15, 0.2) is 5.11 Å². The fraction of sp³-hybridized carbons (Fsp3) is 0. The van der Waals surface area contributed by atoms with Crippen molar-refractivity contribution >= 4 is 35.2 Å². The summed E-state index contributed by atoms with van der Waals surface area (Å²) in [6.07, 6.45) is 4.08. The molecule has 0 radical (unpaired) electrons. The number of benzene rings is 2. The molecule has 1 aliphatic heterocycles. The van der Waals surface area contributed by atoms with Gasteiger partial charge in [-0.15, -0.1) is 0 Å². The van der Waals surface area contributed by atoms with Gasteiger partial charge in [-0.1, -0.05) is 30.4 Å². The van der Waals surface area contributed by atoms with E-state index in [9.17, 15) is 0 Å². The van der Waals surface area contributed by atoms with Gasteiger partial charge in [0.05, 0.1) is 0 Å². The lowest BCUT2D eigenvalue weighted by molar-refractivity contribution is 0.482. The lowest BCUT2D eigenvalue weighted by Gasteiger charge is -2.11. The molecule has 0 saturated heterocycles. The number of nitrogens with two attached hydrogens (primary N) is 1. The van der Waals surface area contributed by atoms with E-state index in [0.29, 0.717) is 0 Å². The van der Waals surface area contributed by atoms with E-state index >= 15 is 0 Å². The number of anilines is 1. The van der Waals surface area contributed by atoms with E-state index in [1.807, 2.05) is 54.6 Å². The van der Waals surface area contributed by atoms with Crippen molar-refractivity contribution in [1.29, 1.82) is 0 Å². The van der Waals surface area contributed by atoms with E-state index in [2.05, 4.69) is 5.32 Å². The van der Waals surface area contributed by atoms with Gasteiger partial charge in [0.2, 0.25) is 0 Å². The zero-order chi connectivity index (χ0) is 13.2. The van der Waals surface area contributed by atoms with Gasteiger partial charge in [-0.05, 0) is 30.4 Å². The van der Waals surface area contributed by atoms with Gasteiger partial charge in [-0.2, -0.15) is 0 Å². The second kappa shape index (κ2) is 4.74. The Morgan fingerprint density at radius 3 is 2.53 bits per heavy atom. The summed E-state index contributed by atoms with van der Waals surface area (Å²) in [5.74, 6) is 1.62. The first kappa shape index (κ1) is 11.7. The molecule has 3 rings (SSSR count). The van der Waals surface area contributed by atoms with Gasteiger partial charge in [-0.25, -0.2) is 0 Å². The molecule has 3 N–H and O–H groups in total. The Hall–Kier alpha value is -2.33. The molecule has 1 aliphatic rings. The van der Waals surface area contributed by atoms with Crippen LogP contribution in [0.25, 0.3) is 12.2 Å². The van der Waals surface area contributed by atoms with Crippen LogP contribution in [0.4, 0.5) is 5.69 Å². The van der Waals surface area contributed by atoms with Crippen molar-refractivity contribution in [2.75, 3.05) is 5.32 Å². The largest absolute Gasteiger partial charge is 0.456 e. The Bertz CT molecular complexity index is 680. The summed E-state index contributed by atoms with van der Waals surface area (Å²) in [7, 11) is 0. The van der Waals surface area contributed by atoms with Crippen molar-refractivity contribution in [2.24, 2.45) is 5.73 Å². The zero-order valence-corrected chi connectivity index (χ0v) is 10.9. The molecule has 94 valence electrons. The van der Waals surface area contributed by atoms with Crippen molar-refractivity contribution in [3.63, 3.8) is 0 Å². The third-order valence-corrected chi connectivity index (χ3v) is 2.96. The van der Waals surface area contributed by atoms with E-state index in [1.165, 1.54) is 0 Å². The Morgan fingerprint density at radius 1 is 1.00 bits per heavy atom. The first-order valence-corrected chi connectivity index (χ1v) is 6.29. The third-order valence-electron chi connectivity index (χ3n) is 2.86. The molecule has 2 aromatic rings. The second-order valence-electron chi connectivity index (χ2n) is 4.22. The van der Waals surface area contributed by atoms with Crippen molar-refractivity contribution in [1.82, 2.24) is 0 Å².